The lowest BCUT2D eigenvalue weighted by atomic mass is 10.2. The Labute approximate surface area is 225 Å². The van der Waals surface area contributed by atoms with E-state index < -0.39 is 9.84 Å². The number of allylic oxidation sites excluding steroid dienone is 1. The number of nitrogens with one attached hydrogen (secondary N) is 1. The topological polar surface area (TPSA) is 83.5 Å². The molecule has 3 aliphatic heterocycles. The van der Waals surface area contributed by atoms with Crippen molar-refractivity contribution in [2.24, 2.45) is 4.99 Å². The average molecular weight is 544 g/mol. The normalized spacial score (nSPS) is 23.0. The number of rotatable bonds is 12. The van der Waals surface area contributed by atoms with Gasteiger partial charge in [-0.3, -0.25) is 0 Å². The van der Waals surface area contributed by atoms with E-state index in [9.17, 15) is 8.42 Å². The zero-order valence-corrected chi connectivity index (χ0v) is 22.8. The van der Waals surface area contributed by atoms with Crippen molar-refractivity contribution in [1.29, 1.82) is 0 Å². The fourth-order valence-electron chi connectivity index (χ4n) is 4.44. The quantitative estimate of drug-likeness (QED) is 0.224. The lowest BCUT2D eigenvalue weighted by Gasteiger charge is -2.24. The predicted molar refractivity (Wildman–Crippen MR) is 151 cm³/mol. The molecule has 0 aromatic heterocycles. The summed E-state index contributed by atoms with van der Waals surface area (Å²) in [5.41, 5.74) is 3.82. The molecule has 9 heteroatoms. The number of anilines is 2. The molecule has 7 nitrogen and oxygen atoms in total. The van der Waals surface area contributed by atoms with Crippen LogP contribution in [0, 0.1) is 12.0 Å². The Balaban J connectivity index is 1.33. The van der Waals surface area contributed by atoms with Crippen molar-refractivity contribution in [3.8, 4) is 12.0 Å². The lowest BCUT2D eigenvalue weighted by molar-refractivity contribution is 0.366. The number of benzene rings is 1. The highest BCUT2D eigenvalue weighted by Gasteiger charge is 2.46. The summed E-state index contributed by atoms with van der Waals surface area (Å²) in [5.74, 6) is 3.84. The fraction of sp³-hybridized carbons (Fsp3) is 0.464. The largest absolute Gasteiger partial charge is 0.392 e. The Morgan fingerprint density at radius 2 is 2.22 bits per heavy atom. The third-order valence-corrected chi connectivity index (χ3v) is 8.48. The second kappa shape index (κ2) is 12.2. The van der Waals surface area contributed by atoms with Crippen molar-refractivity contribution in [3.05, 3.63) is 59.7 Å². The lowest BCUT2D eigenvalue weighted by Crippen LogP contribution is -2.25. The van der Waals surface area contributed by atoms with Crippen LogP contribution >= 0.6 is 11.6 Å². The van der Waals surface area contributed by atoms with E-state index in [2.05, 4.69) is 46.5 Å². The van der Waals surface area contributed by atoms with Crippen LogP contribution in [-0.2, 0) is 19.3 Å². The van der Waals surface area contributed by atoms with Crippen molar-refractivity contribution in [1.82, 2.24) is 0 Å². The number of hydrogen-bond acceptors (Lipinski definition) is 7. The highest BCUT2D eigenvalue weighted by atomic mass is 35.5. The van der Waals surface area contributed by atoms with Gasteiger partial charge in [-0.05, 0) is 56.7 Å². The molecule has 0 amide bonds. The van der Waals surface area contributed by atoms with E-state index in [1.54, 1.807) is 6.08 Å². The van der Waals surface area contributed by atoms with Gasteiger partial charge in [0.2, 0.25) is 5.90 Å². The average Bonchev–Trinajstić information content (AvgIpc) is 3.64. The van der Waals surface area contributed by atoms with Gasteiger partial charge in [0.1, 0.15) is 18.3 Å². The number of hydrogen-bond donors (Lipinski definition) is 1. The summed E-state index contributed by atoms with van der Waals surface area (Å²) in [6.45, 7) is 11.0. The van der Waals surface area contributed by atoms with Gasteiger partial charge in [-0.2, -0.15) is 0 Å². The van der Waals surface area contributed by atoms with Gasteiger partial charge in [-0.25, -0.2) is 13.4 Å². The van der Waals surface area contributed by atoms with E-state index in [-0.39, 0.29) is 29.9 Å². The maximum Gasteiger partial charge on any atom is 0.207 e. The molecule has 0 bridgehead atoms. The van der Waals surface area contributed by atoms with Gasteiger partial charge >= 0.3 is 0 Å². The summed E-state index contributed by atoms with van der Waals surface area (Å²) in [6, 6.07) is 5.59. The van der Waals surface area contributed by atoms with Crippen LogP contribution in [0.1, 0.15) is 39.0 Å². The van der Waals surface area contributed by atoms with Crippen molar-refractivity contribution in [2.45, 2.75) is 57.4 Å². The summed E-state index contributed by atoms with van der Waals surface area (Å²) in [7, 11) is -3.12. The third kappa shape index (κ3) is 7.88. The van der Waals surface area contributed by atoms with E-state index in [1.807, 2.05) is 25.1 Å². The summed E-state index contributed by atoms with van der Waals surface area (Å²) in [5, 5.41) is 3.96. The Morgan fingerprint density at radius 1 is 1.38 bits per heavy atom. The minimum Gasteiger partial charge on any atom is -0.392 e. The SMILES string of the molecule is C=CCC1=N[C@@H]([C@H]2OC2Nc2cc(N3CCC=C(CS(=O)(=O)CCCC(=C)C)CC3)ccc2Cl)C#CO1. The zero-order valence-electron chi connectivity index (χ0n) is 21.2. The van der Waals surface area contributed by atoms with E-state index in [4.69, 9.17) is 21.1 Å². The molecule has 3 heterocycles. The first-order valence-corrected chi connectivity index (χ1v) is 14.8. The maximum atomic E-state index is 12.6. The minimum absolute atomic E-state index is 0.136. The Bertz CT molecular complexity index is 1260. The van der Waals surface area contributed by atoms with Gasteiger partial charge in [0.25, 0.3) is 0 Å². The molecule has 0 spiro atoms. The van der Waals surface area contributed by atoms with Crippen molar-refractivity contribution >= 4 is 38.7 Å². The smallest absolute Gasteiger partial charge is 0.207 e. The number of sulfone groups is 1. The molecule has 0 radical (unpaired) electrons. The van der Waals surface area contributed by atoms with Crippen LogP contribution in [0.3, 0.4) is 0 Å². The first kappa shape index (κ1) is 27.3. The molecule has 1 aromatic rings. The van der Waals surface area contributed by atoms with Gasteiger partial charge < -0.3 is 19.7 Å². The number of aliphatic imine (C=N–C) groups is 1. The molecular formula is C28H34ClN3O4S. The fourth-order valence-corrected chi connectivity index (χ4v) is 6.17. The standard InChI is InChI=1S/C28H34ClN3O4S/c1-4-7-26-30-24(13-16-35-26)27-28(36-27)31-25-18-22(10-11-23(25)29)32-14-5-9-21(12-15-32)19-37(33,34)17-6-8-20(2)3/h4,9-11,18,24,27-28,31H,1-2,5-8,12,14-15,17,19H2,3H3/t24-,27-,28?/m1/s1. The number of halogens is 1. The highest BCUT2D eigenvalue weighted by Crippen LogP contribution is 2.35. The molecule has 1 fully saturated rings. The molecule has 3 atom stereocenters. The van der Waals surface area contributed by atoms with E-state index >= 15 is 0 Å². The van der Waals surface area contributed by atoms with Crippen LogP contribution in [0.2, 0.25) is 5.02 Å². The Hall–Kier alpha value is -2.73. The minimum atomic E-state index is -3.12. The van der Waals surface area contributed by atoms with Crippen LogP contribution < -0.4 is 10.2 Å². The van der Waals surface area contributed by atoms with E-state index in [0.717, 1.165) is 48.5 Å². The Morgan fingerprint density at radius 3 is 3.00 bits per heavy atom. The zero-order chi connectivity index (χ0) is 26.4. The highest BCUT2D eigenvalue weighted by molar-refractivity contribution is 7.91. The summed E-state index contributed by atoms with van der Waals surface area (Å²) < 4.78 is 36.2. The van der Waals surface area contributed by atoms with Gasteiger partial charge in [-0.1, -0.05) is 34.9 Å². The van der Waals surface area contributed by atoms with Crippen LogP contribution in [0.4, 0.5) is 11.4 Å². The molecule has 37 heavy (non-hydrogen) atoms. The second-order valence-corrected chi connectivity index (χ2v) is 12.3. The van der Waals surface area contributed by atoms with Gasteiger partial charge in [0, 0.05) is 25.2 Å². The predicted octanol–water partition coefficient (Wildman–Crippen LogP) is 5.11. The summed E-state index contributed by atoms with van der Waals surface area (Å²) in [6.07, 6.45) is 9.46. The monoisotopic (exact) mass is 543 g/mol. The molecule has 3 aliphatic rings. The summed E-state index contributed by atoms with van der Waals surface area (Å²) in [4.78, 5) is 6.76. The van der Waals surface area contributed by atoms with Crippen LogP contribution in [-0.4, -0.2) is 57.3 Å². The number of nitrogens with zero attached hydrogens (tertiary/aromatic N) is 2. The molecule has 1 unspecified atom stereocenters. The molecule has 0 saturated carbocycles. The molecule has 1 saturated heterocycles. The van der Waals surface area contributed by atoms with Crippen LogP contribution in [0.15, 0.2) is 59.6 Å². The second-order valence-electron chi connectivity index (χ2n) is 9.68. The molecule has 198 valence electrons. The first-order valence-electron chi connectivity index (χ1n) is 12.6. The Kier molecular flexibility index (Phi) is 9.01. The number of ether oxygens (including phenoxy) is 2. The van der Waals surface area contributed by atoms with E-state index in [0.29, 0.717) is 30.2 Å². The van der Waals surface area contributed by atoms with Crippen LogP contribution in [0.5, 0.6) is 0 Å². The van der Waals surface area contributed by atoms with Crippen molar-refractivity contribution in [3.63, 3.8) is 0 Å². The third-order valence-electron chi connectivity index (χ3n) is 6.43. The van der Waals surface area contributed by atoms with Crippen LogP contribution in [0.25, 0.3) is 0 Å². The molecule has 1 aromatic carbocycles. The van der Waals surface area contributed by atoms with Gasteiger partial charge in [0.15, 0.2) is 16.1 Å². The van der Waals surface area contributed by atoms with Gasteiger partial charge in [-0.15, -0.1) is 13.2 Å². The van der Waals surface area contributed by atoms with E-state index in [1.165, 1.54) is 0 Å². The summed E-state index contributed by atoms with van der Waals surface area (Å²) >= 11 is 6.49. The van der Waals surface area contributed by atoms with Crippen molar-refractivity contribution < 1.29 is 17.9 Å². The molecule has 4 rings (SSSR count). The van der Waals surface area contributed by atoms with Crippen molar-refractivity contribution in [2.75, 3.05) is 34.8 Å². The molecule has 1 N–H and O–H groups in total. The number of epoxide rings is 1. The molecular weight excluding hydrogens is 510 g/mol. The first-order chi connectivity index (χ1) is 17.7. The molecule has 0 aliphatic carbocycles. The van der Waals surface area contributed by atoms with Gasteiger partial charge in [0.05, 0.1) is 22.2 Å². The maximum absolute atomic E-state index is 12.6.